The number of rotatable bonds is 2. The Morgan fingerprint density at radius 1 is 1.27 bits per heavy atom. The maximum Gasteiger partial charge on any atom is 0.325 e. The largest absolute Gasteiger partial charge is 0.399 e. The Morgan fingerprint density at radius 2 is 1.87 bits per heavy atom. The number of hydrogen-bond donors (Lipinski definition) is 3. The van der Waals surface area contributed by atoms with E-state index in [9.17, 15) is 9.59 Å². The molecule has 0 spiro atoms. The van der Waals surface area contributed by atoms with Gasteiger partial charge in [-0.2, -0.15) is 0 Å². The van der Waals surface area contributed by atoms with Gasteiger partial charge >= 0.3 is 6.03 Å². The van der Waals surface area contributed by atoms with Crippen molar-refractivity contribution in [2.24, 2.45) is 0 Å². The minimum atomic E-state index is -0.619. The molecular formula is C10H11N3O2. The molecule has 5 nitrogen and oxygen atoms in total. The van der Waals surface area contributed by atoms with E-state index in [2.05, 4.69) is 17.2 Å². The van der Waals surface area contributed by atoms with Gasteiger partial charge in [0.15, 0.2) is 0 Å². The van der Waals surface area contributed by atoms with E-state index in [-0.39, 0.29) is 0 Å². The van der Waals surface area contributed by atoms with Gasteiger partial charge in [0.2, 0.25) is 0 Å². The van der Waals surface area contributed by atoms with Crippen LogP contribution in [0.15, 0.2) is 37.0 Å². The molecule has 78 valence electrons. The summed E-state index contributed by atoms with van der Waals surface area (Å²) in [5.74, 6) is -0.491. The number of urea groups is 1. The summed E-state index contributed by atoms with van der Waals surface area (Å²) >= 11 is 0. The number of nitrogen functional groups attached to an aromatic ring is 1. The van der Waals surface area contributed by atoms with E-state index < -0.39 is 11.9 Å². The first-order valence-electron chi connectivity index (χ1n) is 4.22. The molecule has 3 amide bonds. The summed E-state index contributed by atoms with van der Waals surface area (Å²) in [7, 11) is 0. The first-order chi connectivity index (χ1) is 7.13. The van der Waals surface area contributed by atoms with Crippen LogP contribution in [0.3, 0.4) is 0 Å². The lowest BCUT2D eigenvalue weighted by Gasteiger charge is -2.03. The van der Waals surface area contributed by atoms with Crippen molar-refractivity contribution in [1.82, 2.24) is 10.6 Å². The fourth-order valence-electron chi connectivity index (χ4n) is 0.939. The Kier molecular flexibility index (Phi) is 3.45. The summed E-state index contributed by atoms with van der Waals surface area (Å²) in [4.78, 5) is 22.3. The highest BCUT2D eigenvalue weighted by Gasteiger charge is 2.07. The fourth-order valence-corrected chi connectivity index (χ4v) is 0.939. The molecule has 0 unspecified atom stereocenters. The molecule has 0 aliphatic rings. The van der Waals surface area contributed by atoms with E-state index in [1.165, 1.54) is 18.3 Å². The molecule has 0 saturated carbocycles. The number of hydrogen-bond acceptors (Lipinski definition) is 3. The molecule has 0 aliphatic heterocycles. The zero-order valence-corrected chi connectivity index (χ0v) is 7.99. The third kappa shape index (κ3) is 3.15. The number of nitrogens with one attached hydrogen (secondary N) is 2. The average molecular weight is 205 g/mol. The summed E-state index contributed by atoms with van der Waals surface area (Å²) < 4.78 is 0. The van der Waals surface area contributed by atoms with Gasteiger partial charge in [-0.05, 0) is 30.5 Å². The predicted octanol–water partition coefficient (Wildman–Crippen LogP) is 0.852. The van der Waals surface area contributed by atoms with Gasteiger partial charge in [-0.1, -0.05) is 6.58 Å². The van der Waals surface area contributed by atoms with Crippen LogP contribution in [0.4, 0.5) is 10.5 Å². The number of nitrogens with two attached hydrogens (primary N) is 1. The van der Waals surface area contributed by atoms with Crippen molar-refractivity contribution >= 4 is 17.6 Å². The number of anilines is 1. The van der Waals surface area contributed by atoms with Crippen LogP contribution in [0.5, 0.6) is 0 Å². The van der Waals surface area contributed by atoms with Crippen molar-refractivity contribution in [2.45, 2.75) is 0 Å². The molecule has 0 saturated heterocycles. The third-order valence-electron chi connectivity index (χ3n) is 1.63. The Morgan fingerprint density at radius 3 is 2.40 bits per heavy atom. The standard InChI is InChI=1S/C10H11N3O2/c1-2-12-10(15)13-9(14)7-3-5-8(11)6-4-7/h2-6H,1,11H2,(H2,12,13,14,15). The van der Waals surface area contributed by atoms with Gasteiger partial charge in [-0.3, -0.25) is 10.1 Å². The molecule has 1 aromatic rings. The van der Waals surface area contributed by atoms with Crippen LogP contribution in [0.1, 0.15) is 10.4 Å². The van der Waals surface area contributed by atoms with E-state index in [0.717, 1.165) is 0 Å². The van der Waals surface area contributed by atoms with E-state index >= 15 is 0 Å². The van der Waals surface area contributed by atoms with Crippen molar-refractivity contribution in [1.29, 1.82) is 0 Å². The number of carbonyl (C=O) groups is 2. The Balaban J connectivity index is 2.65. The molecule has 0 bridgehead atoms. The van der Waals surface area contributed by atoms with Crippen molar-refractivity contribution in [3.05, 3.63) is 42.6 Å². The van der Waals surface area contributed by atoms with Crippen LogP contribution in [0.2, 0.25) is 0 Å². The maximum atomic E-state index is 11.4. The SMILES string of the molecule is C=CNC(=O)NC(=O)c1ccc(N)cc1. The van der Waals surface area contributed by atoms with Gasteiger partial charge in [0.05, 0.1) is 0 Å². The Hall–Kier alpha value is -2.30. The maximum absolute atomic E-state index is 11.4. The summed E-state index contributed by atoms with van der Waals surface area (Å²) in [5.41, 5.74) is 6.37. The molecule has 15 heavy (non-hydrogen) atoms. The number of carbonyl (C=O) groups excluding carboxylic acids is 2. The highest BCUT2D eigenvalue weighted by atomic mass is 16.2. The van der Waals surface area contributed by atoms with Crippen LogP contribution in [-0.4, -0.2) is 11.9 Å². The summed E-state index contributed by atoms with van der Waals surface area (Å²) in [5, 5.41) is 4.34. The highest BCUT2D eigenvalue weighted by Crippen LogP contribution is 2.04. The monoisotopic (exact) mass is 205 g/mol. The first-order valence-corrected chi connectivity index (χ1v) is 4.22. The smallest absolute Gasteiger partial charge is 0.325 e. The predicted molar refractivity (Wildman–Crippen MR) is 57.0 cm³/mol. The minimum Gasteiger partial charge on any atom is -0.399 e. The van der Waals surface area contributed by atoms with Crippen molar-refractivity contribution in [3.63, 3.8) is 0 Å². The molecule has 0 heterocycles. The van der Waals surface area contributed by atoms with Gasteiger partial charge < -0.3 is 11.1 Å². The zero-order chi connectivity index (χ0) is 11.3. The quantitative estimate of drug-likeness (QED) is 0.626. The summed E-state index contributed by atoms with van der Waals surface area (Å²) in [6, 6.07) is 5.62. The van der Waals surface area contributed by atoms with Gasteiger partial charge in [0.25, 0.3) is 5.91 Å². The number of amides is 3. The Bertz CT molecular complexity index is 384. The number of imide groups is 1. The summed E-state index contributed by atoms with van der Waals surface area (Å²) in [6.45, 7) is 3.29. The van der Waals surface area contributed by atoms with Gasteiger partial charge in [-0.25, -0.2) is 4.79 Å². The Labute approximate surface area is 87.0 Å². The lowest BCUT2D eigenvalue weighted by Crippen LogP contribution is -2.36. The molecule has 0 aromatic heterocycles. The van der Waals surface area contributed by atoms with Gasteiger partial charge in [-0.15, -0.1) is 0 Å². The zero-order valence-electron chi connectivity index (χ0n) is 7.99. The van der Waals surface area contributed by atoms with Crippen molar-refractivity contribution < 1.29 is 9.59 Å². The molecule has 1 rings (SSSR count). The van der Waals surface area contributed by atoms with Gasteiger partial charge in [0, 0.05) is 11.3 Å². The molecule has 0 fully saturated rings. The van der Waals surface area contributed by atoms with Crippen LogP contribution < -0.4 is 16.4 Å². The van der Waals surface area contributed by atoms with E-state index in [1.807, 2.05) is 0 Å². The minimum absolute atomic E-state index is 0.364. The third-order valence-corrected chi connectivity index (χ3v) is 1.63. The molecule has 0 aliphatic carbocycles. The second-order valence-corrected chi connectivity index (χ2v) is 2.75. The second-order valence-electron chi connectivity index (χ2n) is 2.75. The van der Waals surface area contributed by atoms with Crippen LogP contribution in [0.25, 0.3) is 0 Å². The number of benzene rings is 1. The van der Waals surface area contributed by atoms with E-state index in [4.69, 9.17) is 5.73 Å². The topological polar surface area (TPSA) is 84.2 Å². The molecule has 0 radical (unpaired) electrons. The lowest BCUT2D eigenvalue weighted by atomic mass is 10.2. The summed E-state index contributed by atoms with van der Waals surface area (Å²) in [6.07, 6.45) is 1.19. The molecule has 4 N–H and O–H groups in total. The van der Waals surface area contributed by atoms with Crippen molar-refractivity contribution in [3.8, 4) is 0 Å². The molecule has 5 heteroatoms. The molecule has 0 atom stereocenters. The van der Waals surface area contributed by atoms with E-state index in [1.54, 1.807) is 12.1 Å². The fraction of sp³-hybridized carbons (Fsp3) is 0. The average Bonchev–Trinajstić information content (AvgIpc) is 2.18. The molecular weight excluding hydrogens is 194 g/mol. The highest BCUT2D eigenvalue weighted by molar-refractivity contribution is 6.04. The van der Waals surface area contributed by atoms with E-state index in [0.29, 0.717) is 11.3 Å². The van der Waals surface area contributed by atoms with Crippen LogP contribution in [0, 0.1) is 0 Å². The molecule has 1 aromatic carbocycles. The second kappa shape index (κ2) is 4.80. The first kappa shape index (κ1) is 10.8. The van der Waals surface area contributed by atoms with Crippen LogP contribution >= 0.6 is 0 Å². The van der Waals surface area contributed by atoms with Crippen LogP contribution in [-0.2, 0) is 0 Å². The van der Waals surface area contributed by atoms with Crippen molar-refractivity contribution in [2.75, 3.05) is 5.73 Å². The normalized spacial score (nSPS) is 9.07. The van der Waals surface area contributed by atoms with Gasteiger partial charge in [0.1, 0.15) is 0 Å². The lowest BCUT2D eigenvalue weighted by molar-refractivity contribution is 0.0965.